The third-order valence-electron chi connectivity index (χ3n) is 1.38. The van der Waals surface area contributed by atoms with Crippen LogP contribution in [0.4, 0.5) is 0 Å². The second-order valence-electron chi connectivity index (χ2n) is 2.29. The SMILES string of the molecule is Brc1nc(Br)n(CC2CS2)n1. The van der Waals surface area contributed by atoms with Gasteiger partial charge < -0.3 is 0 Å². The smallest absolute Gasteiger partial charge is 0.218 e. The van der Waals surface area contributed by atoms with Gasteiger partial charge in [0.25, 0.3) is 0 Å². The van der Waals surface area contributed by atoms with E-state index < -0.39 is 0 Å². The van der Waals surface area contributed by atoms with Crippen molar-refractivity contribution in [3.63, 3.8) is 0 Å². The zero-order valence-corrected chi connectivity index (χ0v) is 9.49. The molecule has 0 saturated carbocycles. The number of thioether (sulfide) groups is 1. The Morgan fingerprint density at radius 1 is 1.64 bits per heavy atom. The Morgan fingerprint density at radius 2 is 2.36 bits per heavy atom. The molecule has 11 heavy (non-hydrogen) atoms. The highest BCUT2D eigenvalue weighted by Gasteiger charge is 2.24. The highest BCUT2D eigenvalue weighted by atomic mass is 79.9. The second-order valence-corrected chi connectivity index (χ2v) is 5.04. The molecule has 3 nitrogen and oxygen atoms in total. The molecule has 0 N–H and O–H groups in total. The molecule has 2 heterocycles. The summed E-state index contributed by atoms with van der Waals surface area (Å²) in [7, 11) is 0. The molecule has 0 amide bonds. The van der Waals surface area contributed by atoms with Gasteiger partial charge in [-0.05, 0) is 31.9 Å². The molecule has 1 aromatic rings. The van der Waals surface area contributed by atoms with Crippen molar-refractivity contribution in [1.29, 1.82) is 0 Å². The van der Waals surface area contributed by atoms with E-state index in [-0.39, 0.29) is 0 Å². The van der Waals surface area contributed by atoms with Crippen molar-refractivity contribution in [2.75, 3.05) is 5.75 Å². The van der Waals surface area contributed by atoms with Crippen LogP contribution in [0, 0.1) is 0 Å². The van der Waals surface area contributed by atoms with Crippen LogP contribution in [0.5, 0.6) is 0 Å². The molecular weight excluding hydrogens is 294 g/mol. The first-order valence-electron chi connectivity index (χ1n) is 3.13. The molecule has 2 rings (SSSR count). The van der Waals surface area contributed by atoms with Crippen LogP contribution in [-0.4, -0.2) is 25.8 Å². The minimum absolute atomic E-state index is 0.648. The molecule has 1 aromatic heterocycles. The van der Waals surface area contributed by atoms with Gasteiger partial charge in [0.05, 0.1) is 6.54 Å². The molecule has 0 aliphatic carbocycles. The van der Waals surface area contributed by atoms with Gasteiger partial charge in [0.1, 0.15) is 0 Å². The Labute approximate surface area is 85.2 Å². The van der Waals surface area contributed by atoms with E-state index in [1.807, 2.05) is 16.4 Å². The van der Waals surface area contributed by atoms with Crippen LogP contribution < -0.4 is 0 Å². The van der Waals surface area contributed by atoms with E-state index in [9.17, 15) is 0 Å². The van der Waals surface area contributed by atoms with Crippen molar-refractivity contribution in [3.05, 3.63) is 9.47 Å². The molecule has 0 radical (unpaired) electrons. The van der Waals surface area contributed by atoms with Crippen LogP contribution in [0.2, 0.25) is 0 Å². The van der Waals surface area contributed by atoms with Crippen molar-refractivity contribution in [3.8, 4) is 0 Å². The molecule has 6 heteroatoms. The molecule has 1 saturated heterocycles. The number of rotatable bonds is 2. The molecule has 1 unspecified atom stereocenters. The summed E-state index contributed by atoms with van der Waals surface area (Å²) in [5.74, 6) is 1.25. The van der Waals surface area contributed by atoms with Gasteiger partial charge in [-0.2, -0.15) is 16.7 Å². The van der Waals surface area contributed by atoms with Crippen LogP contribution in [0.15, 0.2) is 9.47 Å². The van der Waals surface area contributed by atoms with Crippen molar-refractivity contribution in [2.24, 2.45) is 0 Å². The molecule has 1 atom stereocenters. The Kier molecular flexibility index (Phi) is 2.25. The minimum Gasteiger partial charge on any atom is -0.238 e. The molecule has 60 valence electrons. The molecule has 1 aliphatic rings. The fraction of sp³-hybridized carbons (Fsp3) is 0.600. The summed E-state index contributed by atoms with van der Waals surface area (Å²) < 4.78 is 3.32. The maximum absolute atomic E-state index is 4.15. The van der Waals surface area contributed by atoms with E-state index in [0.717, 1.165) is 16.5 Å². The van der Waals surface area contributed by atoms with Crippen LogP contribution in [0.1, 0.15) is 0 Å². The quantitative estimate of drug-likeness (QED) is 0.782. The standard InChI is InChI=1S/C5H5Br2N3S/c6-4-8-5(7)10(9-4)1-3-2-11-3/h3H,1-2H2. The Balaban J connectivity index is 2.14. The third-order valence-corrected chi connectivity index (χ3v) is 3.26. The maximum atomic E-state index is 4.15. The van der Waals surface area contributed by atoms with Gasteiger partial charge in [-0.1, -0.05) is 0 Å². The zero-order chi connectivity index (χ0) is 7.84. The lowest BCUT2D eigenvalue weighted by Gasteiger charge is -1.96. The Bertz CT molecular complexity index is 271. The lowest BCUT2D eigenvalue weighted by Crippen LogP contribution is -2.04. The van der Waals surface area contributed by atoms with Crippen LogP contribution in [0.3, 0.4) is 0 Å². The lowest BCUT2D eigenvalue weighted by molar-refractivity contribution is 0.614. The number of hydrogen-bond donors (Lipinski definition) is 0. The molecule has 1 aliphatic heterocycles. The predicted molar refractivity (Wildman–Crippen MR) is 51.7 cm³/mol. The van der Waals surface area contributed by atoms with E-state index in [1.54, 1.807) is 0 Å². The van der Waals surface area contributed by atoms with Gasteiger partial charge in [-0.25, -0.2) is 4.68 Å². The van der Waals surface area contributed by atoms with Gasteiger partial charge in [0.15, 0.2) is 4.73 Å². The number of hydrogen-bond acceptors (Lipinski definition) is 3. The van der Waals surface area contributed by atoms with Gasteiger partial charge in [0.2, 0.25) is 4.73 Å². The first-order valence-corrected chi connectivity index (χ1v) is 5.76. The molecule has 0 aromatic carbocycles. The van der Waals surface area contributed by atoms with Gasteiger partial charge in [-0.3, -0.25) is 0 Å². The monoisotopic (exact) mass is 297 g/mol. The van der Waals surface area contributed by atoms with Gasteiger partial charge >= 0.3 is 0 Å². The van der Waals surface area contributed by atoms with Gasteiger partial charge in [-0.15, -0.1) is 5.10 Å². The highest BCUT2D eigenvalue weighted by molar-refractivity contribution is 9.11. The second kappa shape index (κ2) is 3.06. The Hall–Kier alpha value is 0.450. The fourth-order valence-corrected chi connectivity index (χ4v) is 2.26. The average molecular weight is 299 g/mol. The summed E-state index contributed by atoms with van der Waals surface area (Å²) in [5, 5.41) is 4.90. The van der Waals surface area contributed by atoms with E-state index in [2.05, 4.69) is 41.9 Å². The van der Waals surface area contributed by atoms with Crippen LogP contribution in [0.25, 0.3) is 0 Å². The summed E-state index contributed by atoms with van der Waals surface area (Å²) in [6.07, 6.45) is 0. The summed E-state index contributed by atoms with van der Waals surface area (Å²) >= 11 is 8.49. The Morgan fingerprint density at radius 3 is 2.82 bits per heavy atom. The number of nitrogens with zero attached hydrogens (tertiary/aromatic N) is 3. The molecule has 0 bridgehead atoms. The van der Waals surface area contributed by atoms with Crippen molar-refractivity contribution in [2.45, 2.75) is 11.8 Å². The summed E-state index contributed by atoms with van der Waals surface area (Å²) in [6, 6.07) is 0. The van der Waals surface area contributed by atoms with E-state index in [1.165, 1.54) is 5.75 Å². The third kappa shape index (κ3) is 1.97. The summed E-state index contributed by atoms with van der Waals surface area (Å²) in [4.78, 5) is 4.07. The molecular formula is C5H5Br2N3S. The maximum Gasteiger partial charge on any atom is 0.218 e. The van der Waals surface area contributed by atoms with Crippen LogP contribution >= 0.6 is 43.6 Å². The van der Waals surface area contributed by atoms with E-state index >= 15 is 0 Å². The number of aromatic nitrogens is 3. The first kappa shape index (κ1) is 8.07. The lowest BCUT2D eigenvalue weighted by atomic mass is 10.5. The fourth-order valence-electron chi connectivity index (χ4n) is 0.780. The van der Waals surface area contributed by atoms with Gasteiger partial charge in [0, 0.05) is 11.0 Å². The molecule has 0 spiro atoms. The van der Waals surface area contributed by atoms with Crippen LogP contribution in [-0.2, 0) is 6.54 Å². The topological polar surface area (TPSA) is 30.7 Å². The minimum atomic E-state index is 0.648. The van der Waals surface area contributed by atoms with Crippen molar-refractivity contribution in [1.82, 2.24) is 14.8 Å². The first-order chi connectivity index (χ1) is 5.25. The van der Waals surface area contributed by atoms with Crippen molar-refractivity contribution >= 4 is 43.6 Å². The number of halogens is 2. The largest absolute Gasteiger partial charge is 0.238 e. The van der Waals surface area contributed by atoms with E-state index in [4.69, 9.17) is 0 Å². The molecule has 1 fully saturated rings. The average Bonchev–Trinajstić information content (AvgIpc) is 2.64. The summed E-state index contributed by atoms with van der Waals surface area (Å²) in [6.45, 7) is 0.962. The zero-order valence-electron chi connectivity index (χ0n) is 5.50. The normalized spacial score (nSPS) is 22.2. The highest BCUT2D eigenvalue weighted by Crippen LogP contribution is 2.31. The van der Waals surface area contributed by atoms with Crippen molar-refractivity contribution < 1.29 is 0 Å². The summed E-state index contributed by atoms with van der Waals surface area (Å²) in [5.41, 5.74) is 0. The predicted octanol–water partition coefficient (Wildman–Crippen LogP) is 1.92. The van der Waals surface area contributed by atoms with E-state index in [0.29, 0.717) is 4.73 Å².